The van der Waals surface area contributed by atoms with E-state index in [2.05, 4.69) is 73.7 Å². The second-order valence-electron chi connectivity index (χ2n) is 4.76. The van der Waals surface area contributed by atoms with E-state index in [9.17, 15) is 0 Å². The Bertz CT molecular complexity index is 613. The average molecular weight is 232 g/mol. The van der Waals surface area contributed by atoms with Gasteiger partial charge in [-0.1, -0.05) is 72.3 Å². The summed E-state index contributed by atoms with van der Waals surface area (Å²) >= 11 is 0. The molecule has 0 heteroatoms. The second-order valence-corrected chi connectivity index (χ2v) is 4.76. The lowest BCUT2D eigenvalue weighted by Gasteiger charge is -2.00. The quantitative estimate of drug-likeness (QED) is 0.707. The fourth-order valence-corrected chi connectivity index (χ4v) is 2.33. The average Bonchev–Trinajstić information content (AvgIpc) is 2.82. The van der Waals surface area contributed by atoms with Crippen molar-refractivity contribution in [2.45, 2.75) is 13.3 Å². The van der Waals surface area contributed by atoms with Crippen LogP contribution in [0.4, 0.5) is 0 Å². The summed E-state index contributed by atoms with van der Waals surface area (Å²) in [4.78, 5) is 0. The fraction of sp³-hybridized carbons (Fsp3) is 0.111. The van der Waals surface area contributed by atoms with E-state index in [0.29, 0.717) is 0 Å². The first-order chi connectivity index (χ1) is 8.83. The molecule has 1 aliphatic rings. The maximum absolute atomic E-state index is 2.30. The minimum Gasteiger partial charge on any atom is -0.0722 e. The van der Waals surface area contributed by atoms with Crippen molar-refractivity contribution < 1.29 is 0 Å². The maximum atomic E-state index is 2.30. The summed E-state index contributed by atoms with van der Waals surface area (Å²) in [5, 5.41) is 0. The first-order valence-corrected chi connectivity index (χ1v) is 6.36. The van der Waals surface area contributed by atoms with Crippen LogP contribution in [0.15, 0.2) is 60.7 Å². The summed E-state index contributed by atoms with van der Waals surface area (Å²) in [6.45, 7) is 2.11. The van der Waals surface area contributed by atoms with Crippen LogP contribution in [0.3, 0.4) is 0 Å². The van der Waals surface area contributed by atoms with Gasteiger partial charge < -0.3 is 0 Å². The van der Waals surface area contributed by atoms with Crippen LogP contribution in [0, 0.1) is 6.92 Å². The van der Waals surface area contributed by atoms with E-state index < -0.39 is 0 Å². The van der Waals surface area contributed by atoms with E-state index in [-0.39, 0.29) is 0 Å². The molecule has 0 N–H and O–H groups in total. The van der Waals surface area contributed by atoms with E-state index >= 15 is 0 Å². The number of hydrogen-bond acceptors (Lipinski definition) is 0. The van der Waals surface area contributed by atoms with Crippen molar-refractivity contribution in [2.24, 2.45) is 0 Å². The number of benzene rings is 2. The molecule has 0 nitrogen and oxygen atoms in total. The predicted molar refractivity (Wildman–Crippen MR) is 78.3 cm³/mol. The molecule has 2 aromatic carbocycles. The Morgan fingerprint density at radius 1 is 0.889 bits per heavy atom. The highest BCUT2D eigenvalue weighted by atomic mass is 14.1. The normalized spacial score (nSPS) is 13.7. The van der Waals surface area contributed by atoms with Crippen LogP contribution in [0.2, 0.25) is 0 Å². The summed E-state index contributed by atoms with van der Waals surface area (Å²) < 4.78 is 0. The highest BCUT2D eigenvalue weighted by molar-refractivity contribution is 5.83. The molecule has 0 heterocycles. The lowest BCUT2D eigenvalue weighted by molar-refractivity contribution is 1.31. The molecule has 2 aromatic rings. The van der Waals surface area contributed by atoms with Crippen LogP contribution in [0.25, 0.3) is 11.6 Å². The molecule has 0 saturated carbocycles. The third kappa shape index (κ3) is 2.14. The zero-order chi connectivity index (χ0) is 12.4. The number of fused-ring (bicyclic) bond motifs is 1. The molecule has 0 radical (unpaired) electrons. The SMILES string of the molecule is Cc1ccc(/C=C/C2=CCc3ccccc32)cc1. The molecule has 1 aliphatic carbocycles. The zero-order valence-corrected chi connectivity index (χ0v) is 10.6. The Labute approximate surface area is 108 Å². The van der Waals surface area contributed by atoms with Crippen LogP contribution >= 0.6 is 0 Å². The van der Waals surface area contributed by atoms with Gasteiger partial charge >= 0.3 is 0 Å². The van der Waals surface area contributed by atoms with E-state index in [1.807, 2.05) is 0 Å². The van der Waals surface area contributed by atoms with E-state index in [4.69, 9.17) is 0 Å². The maximum Gasteiger partial charge on any atom is -0.00821 e. The zero-order valence-electron chi connectivity index (χ0n) is 10.6. The minimum absolute atomic E-state index is 1.06. The van der Waals surface area contributed by atoms with Crippen LogP contribution in [-0.2, 0) is 6.42 Å². The smallest absolute Gasteiger partial charge is 0.00821 e. The number of allylic oxidation sites excluding steroid dienone is 3. The first kappa shape index (κ1) is 11.0. The molecule has 0 spiro atoms. The molecule has 0 atom stereocenters. The van der Waals surface area contributed by atoms with Gasteiger partial charge in [0.25, 0.3) is 0 Å². The van der Waals surface area contributed by atoms with Crippen molar-refractivity contribution in [3.05, 3.63) is 82.9 Å². The molecule has 18 heavy (non-hydrogen) atoms. The van der Waals surface area contributed by atoms with Crippen LogP contribution in [0.1, 0.15) is 22.3 Å². The van der Waals surface area contributed by atoms with Crippen molar-refractivity contribution in [1.82, 2.24) is 0 Å². The number of rotatable bonds is 2. The minimum atomic E-state index is 1.06. The predicted octanol–water partition coefficient (Wildman–Crippen LogP) is 4.65. The van der Waals surface area contributed by atoms with Gasteiger partial charge in [0.05, 0.1) is 0 Å². The molecule has 0 saturated heterocycles. The standard InChI is InChI=1S/C18H16/c1-14-6-8-15(9-7-14)10-11-17-13-12-16-4-2-3-5-18(16)17/h2-11,13H,12H2,1H3/b11-10+. The fourth-order valence-electron chi connectivity index (χ4n) is 2.33. The molecule has 0 amide bonds. The Hall–Kier alpha value is -2.08. The van der Waals surface area contributed by atoms with Crippen molar-refractivity contribution in [1.29, 1.82) is 0 Å². The first-order valence-electron chi connectivity index (χ1n) is 6.36. The van der Waals surface area contributed by atoms with E-state index in [0.717, 1.165) is 6.42 Å². The van der Waals surface area contributed by atoms with Crippen LogP contribution in [-0.4, -0.2) is 0 Å². The third-order valence-electron chi connectivity index (χ3n) is 3.40. The largest absolute Gasteiger partial charge is 0.0722 e. The van der Waals surface area contributed by atoms with Crippen LogP contribution < -0.4 is 0 Å². The Kier molecular flexibility index (Phi) is 2.85. The highest BCUT2D eigenvalue weighted by Gasteiger charge is 2.09. The summed E-state index contributed by atoms with van der Waals surface area (Å²) in [6.07, 6.45) is 7.77. The molecule has 0 aromatic heterocycles. The molecular weight excluding hydrogens is 216 g/mol. The van der Waals surface area contributed by atoms with Crippen LogP contribution in [0.5, 0.6) is 0 Å². The Morgan fingerprint density at radius 2 is 1.67 bits per heavy atom. The highest BCUT2D eigenvalue weighted by Crippen LogP contribution is 2.28. The molecule has 0 bridgehead atoms. The van der Waals surface area contributed by atoms with E-state index in [1.54, 1.807) is 0 Å². The monoisotopic (exact) mass is 232 g/mol. The third-order valence-corrected chi connectivity index (χ3v) is 3.40. The van der Waals surface area contributed by atoms with Gasteiger partial charge in [0.15, 0.2) is 0 Å². The molecule has 0 aliphatic heterocycles. The van der Waals surface area contributed by atoms with Crippen molar-refractivity contribution in [2.75, 3.05) is 0 Å². The summed E-state index contributed by atoms with van der Waals surface area (Å²) in [5.74, 6) is 0. The molecular formula is C18H16. The van der Waals surface area contributed by atoms with Gasteiger partial charge in [0.2, 0.25) is 0 Å². The summed E-state index contributed by atoms with van der Waals surface area (Å²) in [6, 6.07) is 17.2. The van der Waals surface area contributed by atoms with Gasteiger partial charge in [-0.3, -0.25) is 0 Å². The number of hydrogen-bond donors (Lipinski definition) is 0. The number of aryl methyl sites for hydroxylation is 1. The Balaban J connectivity index is 1.84. The van der Waals surface area contributed by atoms with Crippen molar-refractivity contribution in [3.8, 4) is 0 Å². The molecule has 3 rings (SSSR count). The lowest BCUT2D eigenvalue weighted by Crippen LogP contribution is -1.81. The summed E-state index contributed by atoms with van der Waals surface area (Å²) in [5.41, 5.74) is 6.71. The summed E-state index contributed by atoms with van der Waals surface area (Å²) in [7, 11) is 0. The molecule has 0 fully saturated rings. The van der Waals surface area contributed by atoms with Gasteiger partial charge in [-0.05, 0) is 35.6 Å². The van der Waals surface area contributed by atoms with Crippen molar-refractivity contribution in [3.63, 3.8) is 0 Å². The van der Waals surface area contributed by atoms with E-state index in [1.165, 1.54) is 27.8 Å². The van der Waals surface area contributed by atoms with Gasteiger partial charge in [-0.2, -0.15) is 0 Å². The van der Waals surface area contributed by atoms with Gasteiger partial charge in [-0.15, -0.1) is 0 Å². The van der Waals surface area contributed by atoms with Gasteiger partial charge in [0.1, 0.15) is 0 Å². The topological polar surface area (TPSA) is 0 Å². The van der Waals surface area contributed by atoms with Gasteiger partial charge in [-0.25, -0.2) is 0 Å². The second kappa shape index (κ2) is 4.66. The lowest BCUT2D eigenvalue weighted by atomic mass is 10.0. The van der Waals surface area contributed by atoms with Gasteiger partial charge in [0, 0.05) is 0 Å². The molecule has 88 valence electrons. The molecule has 0 unspecified atom stereocenters. The van der Waals surface area contributed by atoms with Crippen molar-refractivity contribution >= 4 is 11.6 Å². The Morgan fingerprint density at radius 3 is 2.50 bits per heavy atom.